The molecule has 4 heteroatoms. The normalized spacial score (nSPS) is 18.8. The fraction of sp³-hybridized carbons (Fsp3) is 0.526. The zero-order valence-corrected chi connectivity index (χ0v) is 14.3. The zero-order valence-electron chi connectivity index (χ0n) is 14.3. The first-order valence-corrected chi connectivity index (χ1v) is 8.51. The quantitative estimate of drug-likeness (QED) is 0.863. The summed E-state index contributed by atoms with van der Waals surface area (Å²) in [4.78, 5) is 17.4. The van der Waals surface area contributed by atoms with Gasteiger partial charge in [-0.25, -0.2) is 0 Å². The minimum absolute atomic E-state index is 0.119. The highest BCUT2D eigenvalue weighted by atomic mass is 16.3. The number of carbonyl (C=O) groups is 1. The third kappa shape index (κ3) is 3.42. The molecule has 23 heavy (non-hydrogen) atoms. The van der Waals surface area contributed by atoms with E-state index in [9.17, 15) is 4.79 Å². The summed E-state index contributed by atoms with van der Waals surface area (Å²) >= 11 is 0. The minimum Gasteiger partial charge on any atom is -0.461 e. The van der Waals surface area contributed by atoms with Crippen molar-refractivity contribution < 1.29 is 9.21 Å². The molecule has 4 nitrogen and oxygen atoms in total. The van der Waals surface area contributed by atoms with Gasteiger partial charge in [-0.05, 0) is 65.4 Å². The van der Waals surface area contributed by atoms with Crippen LogP contribution in [0.25, 0.3) is 11.0 Å². The van der Waals surface area contributed by atoms with Crippen LogP contribution in [0.3, 0.4) is 0 Å². The number of carbonyl (C=O) groups excluding carboxylic acids is 1. The number of piperidine rings is 1. The molecule has 1 atom stereocenters. The van der Waals surface area contributed by atoms with Gasteiger partial charge in [0.2, 0.25) is 0 Å². The Labute approximate surface area is 138 Å². The van der Waals surface area contributed by atoms with Crippen LogP contribution in [0.5, 0.6) is 0 Å². The van der Waals surface area contributed by atoms with Gasteiger partial charge in [0.05, 0.1) is 5.56 Å². The Kier molecular flexibility index (Phi) is 4.71. The number of hydrogen-bond acceptors (Lipinski definition) is 3. The van der Waals surface area contributed by atoms with Crippen molar-refractivity contribution in [2.45, 2.75) is 38.6 Å². The highest BCUT2D eigenvalue weighted by molar-refractivity contribution is 6.05. The molecule has 1 aliphatic rings. The summed E-state index contributed by atoms with van der Waals surface area (Å²) in [5.74, 6) is 0.969. The van der Waals surface area contributed by atoms with Crippen LogP contribution in [0, 0.1) is 6.92 Å². The van der Waals surface area contributed by atoms with Crippen LogP contribution < -0.4 is 0 Å². The molecule has 1 aromatic heterocycles. The van der Waals surface area contributed by atoms with Gasteiger partial charge < -0.3 is 14.2 Å². The lowest BCUT2D eigenvalue weighted by Crippen LogP contribution is -2.44. The van der Waals surface area contributed by atoms with Gasteiger partial charge in [0, 0.05) is 18.0 Å². The van der Waals surface area contributed by atoms with E-state index in [1.807, 2.05) is 31.2 Å². The molecule has 0 aliphatic carbocycles. The van der Waals surface area contributed by atoms with E-state index < -0.39 is 0 Å². The third-order valence-corrected chi connectivity index (χ3v) is 4.70. The number of rotatable bonds is 4. The number of amides is 1. The monoisotopic (exact) mass is 314 g/mol. The summed E-state index contributed by atoms with van der Waals surface area (Å²) in [5.41, 5.74) is 1.43. The summed E-state index contributed by atoms with van der Waals surface area (Å²) in [6.07, 6.45) is 4.45. The second kappa shape index (κ2) is 6.75. The van der Waals surface area contributed by atoms with Crippen LogP contribution >= 0.6 is 0 Å². The van der Waals surface area contributed by atoms with Crippen LogP contribution in [0.4, 0.5) is 0 Å². The van der Waals surface area contributed by atoms with E-state index in [1.54, 1.807) is 0 Å². The summed E-state index contributed by atoms with van der Waals surface area (Å²) in [6.45, 7) is 3.79. The molecule has 3 rings (SSSR count). The Morgan fingerprint density at radius 3 is 2.96 bits per heavy atom. The third-order valence-electron chi connectivity index (χ3n) is 4.70. The van der Waals surface area contributed by atoms with Gasteiger partial charge >= 0.3 is 0 Å². The molecule has 2 heterocycles. The van der Waals surface area contributed by atoms with Crippen molar-refractivity contribution in [1.29, 1.82) is 0 Å². The Bertz CT molecular complexity index is 690. The maximum atomic E-state index is 13.1. The maximum Gasteiger partial charge on any atom is 0.257 e. The standard InChI is InChI=1S/C19H26N2O2/c1-14-13-15-7-6-9-17(18(15)23-14)19(22)21-11-5-4-8-16(21)10-12-20(2)3/h6-7,9,13,16H,4-5,8,10-12H2,1-3H3/t16-/m0/s1. The van der Waals surface area contributed by atoms with Crippen molar-refractivity contribution >= 4 is 16.9 Å². The van der Waals surface area contributed by atoms with Gasteiger partial charge in [-0.15, -0.1) is 0 Å². The molecule has 124 valence electrons. The van der Waals surface area contributed by atoms with Gasteiger partial charge in [-0.2, -0.15) is 0 Å². The predicted octanol–water partition coefficient (Wildman–Crippen LogP) is 3.69. The summed E-state index contributed by atoms with van der Waals surface area (Å²) < 4.78 is 5.79. The van der Waals surface area contributed by atoms with Crippen LogP contribution in [-0.4, -0.2) is 48.9 Å². The molecule has 1 amide bonds. The van der Waals surface area contributed by atoms with E-state index in [0.717, 1.165) is 49.1 Å². The molecule has 1 aromatic carbocycles. The second-order valence-electron chi connectivity index (χ2n) is 6.82. The topological polar surface area (TPSA) is 36.7 Å². The van der Waals surface area contributed by atoms with Crippen molar-refractivity contribution in [2.75, 3.05) is 27.2 Å². The maximum absolute atomic E-state index is 13.1. The van der Waals surface area contributed by atoms with E-state index in [-0.39, 0.29) is 5.91 Å². The van der Waals surface area contributed by atoms with E-state index in [2.05, 4.69) is 23.9 Å². The molecule has 2 aromatic rings. The lowest BCUT2D eigenvalue weighted by molar-refractivity contribution is 0.0592. The van der Waals surface area contributed by atoms with E-state index in [4.69, 9.17) is 4.42 Å². The first-order chi connectivity index (χ1) is 11.1. The van der Waals surface area contributed by atoms with Crippen LogP contribution in [0.15, 0.2) is 28.7 Å². The van der Waals surface area contributed by atoms with Gasteiger partial charge in [-0.3, -0.25) is 4.79 Å². The minimum atomic E-state index is 0.119. The van der Waals surface area contributed by atoms with E-state index in [0.29, 0.717) is 11.6 Å². The van der Waals surface area contributed by atoms with Gasteiger partial charge in [0.1, 0.15) is 11.3 Å². The summed E-state index contributed by atoms with van der Waals surface area (Å²) in [5, 5.41) is 1.01. The highest BCUT2D eigenvalue weighted by Crippen LogP contribution is 2.27. The Balaban J connectivity index is 1.86. The average molecular weight is 314 g/mol. The number of benzene rings is 1. The van der Waals surface area contributed by atoms with Gasteiger partial charge in [0.25, 0.3) is 5.91 Å². The second-order valence-corrected chi connectivity index (χ2v) is 6.82. The number of furan rings is 1. The molecule has 1 aliphatic heterocycles. The van der Waals surface area contributed by atoms with Crippen molar-refractivity contribution in [3.63, 3.8) is 0 Å². The van der Waals surface area contributed by atoms with Crippen LogP contribution in [0.1, 0.15) is 41.8 Å². The SMILES string of the molecule is Cc1cc2cccc(C(=O)N3CCCC[C@H]3CCN(C)C)c2o1. The Morgan fingerprint density at radius 1 is 1.35 bits per heavy atom. The number of nitrogens with zero attached hydrogens (tertiary/aromatic N) is 2. The predicted molar refractivity (Wildman–Crippen MR) is 92.8 cm³/mol. The zero-order chi connectivity index (χ0) is 16.4. The Hall–Kier alpha value is -1.81. The number of para-hydroxylation sites is 1. The lowest BCUT2D eigenvalue weighted by Gasteiger charge is -2.36. The van der Waals surface area contributed by atoms with E-state index >= 15 is 0 Å². The molecule has 0 bridgehead atoms. The molecule has 0 N–H and O–H groups in total. The molecule has 0 saturated carbocycles. The first kappa shape index (κ1) is 16.1. The molecule has 1 saturated heterocycles. The Morgan fingerprint density at radius 2 is 2.17 bits per heavy atom. The molecule has 0 radical (unpaired) electrons. The van der Waals surface area contributed by atoms with E-state index in [1.165, 1.54) is 6.42 Å². The molecule has 0 unspecified atom stereocenters. The van der Waals surface area contributed by atoms with Crippen LogP contribution in [0.2, 0.25) is 0 Å². The fourth-order valence-corrected chi connectivity index (χ4v) is 3.49. The van der Waals surface area contributed by atoms with Crippen molar-refractivity contribution in [1.82, 2.24) is 9.80 Å². The van der Waals surface area contributed by atoms with Crippen molar-refractivity contribution in [2.24, 2.45) is 0 Å². The van der Waals surface area contributed by atoms with Gasteiger partial charge in [0.15, 0.2) is 0 Å². The van der Waals surface area contributed by atoms with Crippen molar-refractivity contribution in [3.05, 3.63) is 35.6 Å². The average Bonchev–Trinajstić information content (AvgIpc) is 2.92. The first-order valence-electron chi connectivity index (χ1n) is 8.51. The molecule has 1 fully saturated rings. The molecular weight excluding hydrogens is 288 g/mol. The molecule has 0 spiro atoms. The number of aryl methyl sites for hydroxylation is 1. The lowest BCUT2D eigenvalue weighted by atomic mass is 9.97. The van der Waals surface area contributed by atoms with Crippen LogP contribution in [-0.2, 0) is 0 Å². The largest absolute Gasteiger partial charge is 0.461 e. The summed E-state index contributed by atoms with van der Waals surface area (Å²) in [6, 6.07) is 8.17. The highest BCUT2D eigenvalue weighted by Gasteiger charge is 2.28. The number of likely N-dealkylation sites (tertiary alicyclic amines) is 1. The number of fused-ring (bicyclic) bond motifs is 1. The summed E-state index contributed by atoms with van der Waals surface area (Å²) in [7, 11) is 4.17. The number of hydrogen-bond donors (Lipinski definition) is 0. The molecular formula is C19H26N2O2. The smallest absolute Gasteiger partial charge is 0.257 e. The van der Waals surface area contributed by atoms with Gasteiger partial charge in [-0.1, -0.05) is 12.1 Å². The fourth-order valence-electron chi connectivity index (χ4n) is 3.49. The van der Waals surface area contributed by atoms with Crippen molar-refractivity contribution in [3.8, 4) is 0 Å².